The average molecular weight is 552 g/mol. The fourth-order valence-electron chi connectivity index (χ4n) is 5.13. The third-order valence-corrected chi connectivity index (χ3v) is 7.03. The molecule has 9 nitrogen and oxygen atoms in total. The maximum Gasteiger partial charge on any atom is 0.411 e. The van der Waals surface area contributed by atoms with Gasteiger partial charge < -0.3 is 19.5 Å². The number of aromatic nitrogens is 1. The fourth-order valence-corrected chi connectivity index (χ4v) is 5.13. The van der Waals surface area contributed by atoms with Crippen LogP contribution < -0.4 is 10.1 Å². The standard InChI is InChI=1S/C31H41N3O6/c1-8-9-12-20-18-31(20,27(36)39-29(2,3)4)33-26(35)24-17-21(19-34(24)28(37)40-30(5,6)7)38-25-15-16-32-23-14-11-10-13-22(23)25/h8,10-11,13-16,20-21,24H,1,9,12,17-19H2,2-7H3,(H,33,35)/t20?,21-,24+,31-/m1/s1. The van der Waals surface area contributed by atoms with Crippen LogP contribution in [0.1, 0.15) is 67.2 Å². The van der Waals surface area contributed by atoms with E-state index in [1.807, 2.05) is 24.3 Å². The first kappa shape index (κ1) is 29.4. The number of benzene rings is 1. The molecule has 216 valence electrons. The summed E-state index contributed by atoms with van der Waals surface area (Å²) in [6.07, 6.45) is 4.52. The predicted molar refractivity (Wildman–Crippen MR) is 152 cm³/mol. The molecule has 4 atom stereocenters. The summed E-state index contributed by atoms with van der Waals surface area (Å²) < 4.78 is 17.7. The summed E-state index contributed by atoms with van der Waals surface area (Å²) in [5, 5.41) is 3.83. The van der Waals surface area contributed by atoms with Crippen LogP contribution in [0.5, 0.6) is 5.75 Å². The highest BCUT2D eigenvalue weighted by atomic mass is 16.6. The minimum atomic E-state index is -1.13. The number of nitrogens with one attached hydrogen (secondary N) is 1. The second-order valence-electron chi connectivity index (χ2n) is 12.7. The number of esters is 1. The van der Waals surface area contributed by atoms with Gasteiger partial charge in [0.2, 0.25) is 5.91 Å². The number of carbonyl (C=O) groups is 3. The Kier molecular flexibility index (Phi) is 8.15. The number of nitrogens with zero attached hydrogens (tertiary/aromatic N) is 2. The van der Waals surface area contributed by atoms with Gasteiger partial charge in [0.15, 0.2) is 0 Å². The van der Waals surface area contributed by atoms with E-state index in [9.17, 15) is 14.4 Å². The molecule has 2 aromatic rings. The third kappa shape index (κ3) is 6.74. The summed E-state index contributed by atoms with van der Waals surface area (Å²) in [4.78, 5) is 46.2. The van der Waals surface area contributed by atoms with E-state index >= 15 is 0 Å². The van der Waals surface area contributed by atoms with Gasteiger partial charge in [0.1, 0.15) is 34.6 Å². The summed E-state index contributed by atoms with van der Waals surface area (Å²) in [6, 6.07) is 8.52. The summed E-state index contributed by atoms with van der Waals surface area (Å²) >= 11 is 0. The first-order valence-electron chi connectivity index (χ1n) is 13.9. The van der Waals surface area contributed by atoms with E-state index in [-0.39, 0.29) is 18.9 Å². The molecule has 1 aliphatic carbocycles. The largest absolute Gasteiger partial charge is 0.488 e. The van der Waals surface area contributed by atoms with Crippen LogP contribution in [0.25, 0.3) is 10.9 Å². The number of allylic oxidation sites excluding steroid dienone is 1. The lowest BCUT2D eigenvalue weighted by Crippen LogP contribution is -2.54. The molecule has 40 heavy (non-hydrogen) atoms. The number of hydrogen-bond donors (Lipinski definition) is 1. The Labute approximate surface area is 236 Å². The fraction of sp³-hybridized carbons (Fsp3) is 0.548. The highest BCUT2D eigenvalue weighted by Crippen LogP contribution is 2.48. The smallest absolute Gasteiger partial charge is 0.411 e. The average Bonchev–Trinajstić information content (AvgIpc) is 3.38. The first-order valence-corrected chi connectivity index (χ1v) is 13.9. The molecule has 1 aliphatic heterocycles. The molecule has 1 unspecified atom stereocenters. The molecule has 1 aromatic heterocycles. The van der Waals surface area contributed by atoms with E-state index < -0.39 is 46.9 Å². The zero-order valence-electron chi connectivity index (χ0n) is 24.4. The number of rotatable bonds is 8. The van der Waals surface area contributed by atoms with Crippen LogP contribution in [-0.4, -0.2) is 63.3 Å². The van der Waals surface area contributed by atoms with E-state index in [1.54, 1.807) is 59.9 Å². The molecule has 4 rings (SSSR count). The number of fused-ring (bicyclic) bond motifs is 1. The molecule has 0 spiro atoms. The molecule has 2 fully saturated rings. The lowest BCUT2D eigenvalue weighted by Gasteiger charge is -2.30. The van der Waals surface area contributed by atoms with Crippen molar-refractivity contribution in [1.29, 1.82) is 0 Å². The summed E-state index contributed by atoms with van der Waals surface area (Å²) in [7, 11) is 0. The number of amides is 2. The van der Waals surface area contributed by atoms with Crippen molar-refractivity contribution in [3.05, 3.63) is 49.2 Å². The topological polar surface area (TPSA) is 107 Å². The van der Waals surface area contributed by atoms with Crippen molar-refractivity contribution in [3.8, 4) is 5.75 Å². The van der Waals surface area contributed by atoms with Crippen molar-refractivity contribution in [2.75, 3.05) is 6.54 Å². The zero-order valence-corrected chi connectivity index (χ0v) is 24.4. The molecule has 1 saturated carbocycles. The van der Waals surface area contributed by atoms with E-state index in [0.717, 1.165) is 10.9 Å². The number of hydrogen-bond acceptors (Lipinski definition) is 7. The lowest BCUT2D eigenvalue weighted by atomic mass is 10.1. The van der Waals surface area contributed by atoms with E-state index in [2.05, 4.69) is 16.9 Å². The second kappa shape index (κ2) is 11.1. The predicted octanol–water partition coefficient (Wildman–Crippen LogP) is 5.17. The SMILES string of the molecule is C=CCCC1C[C@]1(NC(=O)[C@@H]1C[C@@H](Oc2ccnc3ccccc23)CN1C(=O)OC(C)(C)C)C(=O)OC(C)(C)C. The van der Waals surface area contributed by atoms with Crippen molar-refractivity contribution in [2.45, 2.75) is 96.1 Å². The lowest BCUT2D eigenvalue weighted by molar-refractivity contribution is -0.161. The van der Waals surface area contributed by atoms with Gasteiger partial charge >= 0.3 is 12.1 Å². The monoisotopic (exact) mass is 551 g/mol. The van der Waals surface area contributed by atoms with Gasteiger partial charge in [0.25, 0.3) is 0 Å². The Morgan fingerprint density at radius 3 is 2.48 bits per heavy atom. The maximum absolute atomic E-state index is 13.8. The molecule has 2 heterocycles. The third-order valence-electron chi connectivity index (χ3n) is 7.03. The van der Waals surface area contributed by atoms with Crippen LogP contribution in [0.2, 0.25) is 0 Å². The van der Waals surface area contributed by atoms with Crippen molar-refractivity contribution in [3.63, 3.8) is 0 Å². The van der Waals surface area contributed by atoms with Crippen LogP contribution >= 0.6 is 0 Å². The van der Waals surface area contributed by atoms with Gasteiger partial charge in [-0.05, 0) is 84.9 Å². The highest BCUT2D eigenvalue weighted by molar-refractivity contribution is 5.95. The summed E-state index contributed by atoms with van der Waals surface area (Å²) in [6.45, 7) is 14.7. The maximum atomic E-state index is 13.8. The Balaban J connectivity index is 1.57. The van der Waals surface area contributed by atoms with Crippen molar-refractivity contribution >= 4 is 28.9 Å². The van der Waals surface area contributed by atoms with Crippen molar-refractivity contribution in [2.24, 2.45) is 5.92 Å². The second-order valence-corrected chi connectivity index (χ2v) is 12.7. The molecular weight excluding hydrogens is 510 g/mol. The van der Waals surface area contributed by atoms with Gasteiger partial charge in [-0.15, -0.1) is 6.58 Å². The van der Waals surface area contributed by atoms with Gasteiger partial charge in [-0.3, -0.25) is 14.7 Å². The van der Waals surface area contributed by atoms with Gasteiger partial charge in [-0.25, -0.2) is 9.59 Å². The molecule has 2 amide bonds. The van der Waals surface area contributed by atoms with Gasteiger partial charge in [0, 0.05) is 18.0 Å². The quantitative estimate of drug-likeness (QED) is 0.356. The molecule has 1 N–H and O–H groups in total. The minimum absolute atomic E-state index is 0.0732. The van der Waals surface area contributed by atoms with Crippen molar-refractivity contribution < 1.29 is 28.6 Å². The normalized spacial score (nSPS) is 24.4. The molecule has 1 saturated heterocycles. The van der Waals surface area contributed by atoms with Gasteiger partial charge in [-0.1, -0.05) is 18.2 Å². The van der Waals surface area contributed by atoms with E-state index in [1.165, 1.54) is 4.90 Å². The molecule has 0 bridgehead atoms. The Hall–Kier alpha value is -3.62. The zero-order chi connectivity index (χ0) is 29.3. The molecule has 1 aromatic carbocycles. The highest BCUT2D eigenvalue weighted by Gasteiger charge is 2.63. The first-order chi connectivity index (χ1) is 18.7. The van der Waals surface area contributed by atoms with Gasteiger partial charge in [-0.2, -0.15) is 0 Å². The Morgan fingerprint density at radius 2 is 1.80 bits per heavy atom. The van der Waals surface area contributed by atoms with Gasteiger partial charge in [0.05, 0.1) is 12.1 Å². The van der Waals surface area contributed by atoms with Crippen molar-refractivity contribution in [1.82, 2.24) is 15.2 Å². The number of para-hydroxylation sites is 1. The minimum Gasteiger partial charge on any atom is -0.488 e. The molecule has 2 aliphatic rings. The van der Waals surface area contributed by atoms with Crippen LogP contribution in [0, 0.1) is 5.92 Å². The number of likely N-dealkylation sites (tertiary alicyclic amines) is 1. The van der Waals surface area contributed by atoms with E-state index in [0.29, 0.717) is 25.0 Å². The van der Waals surface area contributed by atoms with E-state index in [4.69, 9.17) is 14.2 Å². The Bertz CT molecular complexity index is 1270. The Morgan fingerprint density at radius 1 is 1.10 bits per heavy atom. The van der Waals surface area contributed by atoms with Crippen LogP contribution in [0.4, 0.5) is 4.79 Å². The summed E-state index contributed by atoms with van der Waals surface area (Å²) in [5.74, 6) is -0.336. The number of ether oxygens (including phenoxy) is 3. The van der Waals surface area contributed by atoms with Crippen LogP contribution in [-0.2, 0) is 19.1 Å². The number of carbonyl (C=O) groups excluding carboxylic acids is 3. The van der Waals surface area contributed by atoms with Crippen LogP contribution in [0.3, 0.4) is 0 Å². The molecule has 0 radical (unpaired) electrons. The molecule has 9 heteroatoms. The van der Waals surface area contributed by atoms with Crippen LogP contribution in [0.15, 0.2) is 49.2 Å². The summed E-state index contributed by atoms with van der Waals surface area (Å²) in [5.41, 5.74) is -1.80. The molecular formula is C31H41N3O6. The number of pyridine rings is 1.